The Labute approximate surface area is 161 Å². The molecule has 3 aromatic rings. The number of nitrogens with one attached hydrogen (secondary N) is 1. The van der Waals surface area contributed by atoms with Gasteiger partial charge < -0.3 is 19.7 Å². The lowest BCUT2D eigenvalue weighted by Gasteiger charge is -2.26. The molecule has 5 rings (SSSR count). The Morgan fingerprint density at radius 1 is 1.19 bits per heavy atom. The summed E-state index contributed by atoms with van der Waals surface area (Å²) in [5.74, 6) is 1.57. The SMILES string of the molecule is CN(c1nc(NCc2nc3ccccc3s2)nc2c1COC2)C1CCOC1. The lowest BCUT2D eigenvalue weighted by molar-refractivity contribution is 0.133. The summed E-state index contributed by atoms with van der Waals surface area (Å²) in [6, 6.07) is 8.53. The minimum absolute atomic E-state index is 0.349. The van der Waals surface area contributed by atoms with Crippen LogP contribution in [-0.2, 0) is 29.2 Å². The average molecular weight is 383 g/mol. The van der Waals surface area contributed by atoms with Gasteiger partial charge in [0.1, 0.15) is 10.8 Å². The molecule has 1 unspecified atom stereocenters. The monoisotopic (exact) mass is 383 g/mol. The van der Waals surface area contributed by atoms with Gasteiger partial charge in [-0.15, -0.1) is 11.3 Å². The molecule has 0 spiro atoms. The van der Waals surface area contributed by atoms with E-state index in [9.17, 15) is 0 Å². The van der Waals surface area contributed by atoms with Crippen LogP contribution < -0.4 is 10.2 Å². The minimum Gasteiger partial charge on any atom is -0.379 e. The van der Waals surface area contributed by atoms with E-state index in [1.165, 1.54) is 4.70 Å². The van der Waals surface area contributed by atoms with Crippen molar-refractivity contribution in [1.82, 2.24) is 15.0 Å². The van der Waals surface area contributed by atoms with Gasteiger partial charge in [0.25, 0.3) is 0 Å². The third-order valence-electron chi connectivity index (χ3n) is 5.08. The maximum Gasteiger partial charge on any atom is 0.225 e. The molecular formula is C19H21N5O2S. The fourth-order valence-electron chi connectivity index (χ4n) is 3.56. The molecule has 1 saturated heterocycles. The summed E-state index contributed by atoms with van der Waals surface area (Å²) in [7, 11) is 2.08. The number of benzene rings is 1. The van der Waals surface area contributed by atoms with Crippen molar-refractivity contribution in [2.24, 2.45) is 0 Å². The van der Waals surface area contributed by atoms with Crippen LogP contribution in [0.4, 0.5) is 11.8 Å². The number of likely N-dealkylation sites (N-methyl/N-ethyl adjacent to an activating group) is 1. The number of fused-ring (bicyclic) bond motifs is 2. The van der Waals surface area contributed by atoms with Crippen LogP contribution in [-0.4, -0.2) is 41.3 Å². The van der Waals surface area contributed by atoms with E-state index < -0.39 is 0 Å². The minimum atomic E-state index is 0.349. The van der Waals surface area contributed by atoms with Crippen LogP contribution in [0.25, 0.3) is 10.2 Å². The first-order valence-corrected chi connectivity index (χ1v) is 9.96. The van der Waals surface area contributed by atoms with Crippen molar-refractivity contribution in [2.45, 2.75) is 32.2 Å². The van der Waals surface area contributed by atoms with E-state index in [0.29, 0.717) is 31.7 Å². The normalized spacial score (nSPS) is 18.8. The first-order chi connectivity index (χ1) is 13.3. The van der Waals surface area contributed by atoms with E-state index in [4.69, 9.17) is 14.5 Å². The highest BCUT2D eigenvalue weighted by molar-refractivity contribution is 7.18. The Bertz CT molecular complexity index is 937. The third kappa shape index (κ3) is 3.24. The molecule has 4 heterocycles. The van der Waals surface area contributed by atoms with Gasteiger partial charge in [-0.05, 0) is 18.6 Å². The second kappa shape index (κ2) is 7.03. The zero-order valence-electron chi connectivity index (χ0n) is 15.1. The molecule has 1 fully saturated rings. The second-order valence-corrected chi connectivity index (χ2v) is 7.96. The van der Waals surface area contributed by atoms with Crippen LogP contribution in [0.2, 0.25) is 0 Å². The number of aromatic nitrogens is 3. The van der Waals surface area contributed by atoms with Crippen LogP contribution in [0.15, 0.2) is 24.3 Å². The number of thiazole rings is 1. The summed E-state index contributed by atoms with van der Waals surface area (Å²) in [5.41, 5.74) is 3.09. The summed E-state index contributed by atoms with van der Waals surface area (Å²) in [6.07, 6.45) is 1.02. The molecule has 2 aromatic heterocycles. The van der Waals surface area contributed by atoms with Gasteiger partial charge in [-0.3, -0.25) is 0 Å². The van der Waals surface area contributed by atoms with Gasteiger partial charge in [-0.2, -0.15) is 4.98 Å². The standard InChI is InChI=1S/C19H21N5O2S/c1-24(12-6-7-25-9-12)18-13-10-26-11-15(13)22-19(23-18)20-8-17-21-14-4-2-3-5-16(14)27-17/h2-5,12H,6-11H2,1H3,(H,20,22,23). The fourth-order valence-corrected chi connectivity index (χ4v) is 4.46. The zero-order chi connectivity index (χ0) is 18.2. The van der Waals surface area contributed by atoms with E-state index in [-0.39, 0.29) is 0 Å². The number of hydrogen-bond donors (Lipinski definition) is 1. The number of ether oxygens (including phenoxy) is 2. The molecule has 2 aliphatic rings. The predicted octanol–water partition coefficient (Wildman–Crippen LogP) is 2.95. The van der Waals surface area contributed by atoms with Gasteiger partial charge in [0, 0.05) is 19.2 Å². The van der Waals surface area contributed by atoms with E-state index >= 15 is 0 Å². The maximum absolute atomic E-state index is 5.63. The van der Waals surface area contributed by atoms with Crippen molar-refractivity contribution in [1.29, 1.82) is 0 Å². The molecule has 140 valence electrons. The molecule has 0 aliphatic carbocycles. The Morgan fingerprint density at radius 3 is 2.96 bits per heavy atom. The first kappa shape index (κ1) is 16.9. The molecule has 0 amide bonds. The van der Waals surface area contributed by atoms with Crippen molar-refractivity contribution in [3.8, 4) is 0 Å². The molecule has 27 heavy (non-hydrogen) atoms. The molecule has 1 aromatic carbocycles. The molecule has 0 bridgehead atoms. The van der Waals surface area contributed by atoms with Gasteiger partial charge in [-0.25, -0.2) is 9.97 Å². The molecule has 7 nitrogen and oxygen atoms in total. The predicted molar refractivity (Wildman–Crippen MR) is 105 cm³/mol. The van der Waals surface area contributed by atoms with Crippen LogP contribution in [0.5, 0.6) is 0 Å². The zero-order valence-corrected chi connectivity index (χ0v) is 16.0. The van der Waals surface area contributed by atoms with Crippen LogP contribution in [0, 0.1) is 0 Å². The number of para-hydroxylation sites is 1. The van der Waals surface area contributed by atoms with Gasteiger partial charge in [-0.1, -0.05) is 12.1 Å². The topological polar surface area (TPSA) is 72.4 Å². The van der Waals surface area contributed by atoms with E-state index in [0.717, 1.165) is 47.2 Å². The average Bonchev–Trinajstić information content (AvgIpc) is 3.44. The summed E-state index contributed by atoms with van der Waals surface area (Å²) < 4.78 is 12.4. The van der Waals surface area contributed by atoms with Crippen LogP contribution in [0.3, 0.4) is 0 Å². The van der Waals surface area contributed by atoms with Crippen molar-refractivity contribution >= 4 is 33.3 Å². The smallest absolute Gasteiger partial charge is 0.225 e. The van der Waals surface area contributed by atoms with Crippen molar-refractivity contribution in [3.63, 3.8) is 0 Å². The molecule has 8 heteroatoms. The first-order valence-electron chi connectivity index (χ1n) is 9.14. The highest BCUT2D eigenvalue weighted by atomic mass is 32.1. The summed E-state index contributed by atoms with van der Waals surface area (Å²) in [6.45, 7) is 3.26. The highest BCUT2D eigenvalue weighted by Crippen LogP contribution is 2.30. The van der Waals surface area contributed by atoms with Gasteiger partial charge in [0.05, 0.1) is 48.3 Å². The van der Waals surface area contributed by atoms with Crippen molar-refractivity contribution < 1.29 is 9.47 Å². The van der Waals surface area contributed by atoms with Gasteiger partial charge in [0.2, 0.25) is 5.95 Å². The van der Waals surface area contributed by atoms with E-state index in [1.54, 1.807) is 11.3 Å². The number of anilines is 2. The quantitative estimate of drug-likeness (QED) is 0.726. The lowest BCUT2D eigenvalue weighted by atomic mass is 10.2. The largest absolute Gasteiger partial charge is 0.379 e. The van der Waals surface area contributed by atoms with E-state index in [2.05, 4.69) is 33.3 Å². The molecule has 0 saturated carbocycles. The van der Waals surface area contributed by atoms with Crippen molar-refractivity contribution in [3.05, 3.63) is 40.5 Å². The second-order valence-electron chi connectivity index (χ2n) is 6.85. The van der Waals surface area contributed by atoms with Crippen molar-refractivity contribution in [2.75, 3.05) is 30.5 Å². The molecule has 0 radical (unpaired) electrons. The third-order valence-corrected chi connectivity index (χ3v) is 6.12. The fraction of sp³-hybridized carbons (Fsp3) is 0.421. The number of hydrogen-bond acceptors (Lipinski definition) is 8. The van der Waals surface area contributed by atoms with Gasteiger partial charge in [0.15, 0.2) is 0 Å². The Kier molecular flexibility index (Phi) is 4.39. The van der Waals surface area contributed by atoms with Crippen LogP contribution in [0.1, 0.15) is 22.7 Å². The summed E-state index contributed by atoms with van der Waals surface area (Å²) >= 11 is 1.69. The molecule has 1 atom stereocenters. The maximum atomic E-state index is 5.63. The number of nitrogens with zero attached hydrogens (tertiary/aromatic N) is 4. The van der Waals surface area contributed by atoms with Gasteiger partial charge >= 0.3 is 0 Å². The number of rotatable bonds is 5. The van der Waals surface area contributed by atoms with Crippen LogP contribution >= 0.6 is 11.3 Å². The molecule has 2 aliphatic heterocycles. The summed E-state index contributed by atoms with van der Waals surface area (Å²) in [4.78, 5) is 16.3. The Morgan fingerprint density at radius 2 is 2.11 bits per heavy atom. The highest BCUT2D eigenvalue weighted by Gasteiger charge is 2.27. The lowest BCUT2D eigenvalue weighted by Crippen LogP contribution is -2.33. The Balaban J connectivity index is 1.39. The molecular weight excluding hydrogens is 362 g/mol. The van der Waals surface area contributed by atoms with E-state index in [1.807, 2.05) is 18.2 Å². The Hall–Kier alpha value is -2.29. The molecule has 1 N–H and O–H groups in total. The summed E-state index contributed by atoms with van der Waals surface area (Å²) in [5, 5.41) is 4.37.